The van der Waals surface area contributed by atoms with Crippen LogP contribution in [0.2, 0.25) is 5.02 Å². The Morgan fingerprint density at radius 1 is 1.03 bits per heavy atom. The largest absolute Gasteiger partial charge is 0.464 e. The summed E-state index contributed by atoms with van der Waals surface area (Å²) in [6.45, 7) is 0. The van der Waals surface area contributed by atoms with Gasteiger partial charge in [-0.25, -0.2) is 0 Å². The van der Waals surface area contributed by atoms with E-state index in [1.54, 1.807) is 24.7 Å². The van der Waals surface area contributed by atoms with Crippen molar-refractivity contribution < 1.29 is 9.21 Å². The topological polar surface area (TPSA) is 55.1 Å². The summed E-state index contributed by atoms with van der Waals surface area (Å²) >= 11 is 5.99. The minimum absolute atomic E-state index is 0.222. The molecule has 0 aliphatic heterocycles. The molecule has 2 aromatic carbocycles. The second-order valence-electron chi connectivity index (χ2n) is 6.32. The summed E-state index contributed by atoms with van der Waals surface area (Å²) in [6.07, 6.45) is 10.1. The Morgan fingerprint density at radius 2 is 1.90 bits per heavy atom. The van der Waals surface area contributed by atoms with Gasteiger partial charge in [-0.2, -0.15) is 0 Å². The summed E-state index contributed by atoms with van der Waals surface area (Å²) in [5, 5.41) is 5.49. The molecular formula is C24H17ClN2O2. The van der Waals surface area contributed by atoms with Crippen LogP contribution in [-0.4, -0.2) is 10.9 Å². The van der Waals surface area contributed by atoms with Crippen molar-refractivity contribution in [3.8, 4) is 0 Å². The van der Waals surface area contributed by atoms with Gasteiger partial charge in [0.15, 0.2) is 0 Å². The van der Waals surface area contributed by atoms with Gasteiger partial charge in [0.05, 0.1) is 6.26 Å². The first kappa shape index (κ1) is 18.7. The first-order valence-electron chi connectivity index (χ1n) is 9.02. The Balaban J connectivity index is 1.56. The Labute approximate surface area is 173 Å². The third-order valence-corrected chi connectivity index (χ3v) is 4.64. The number of carbonyl (C=O) groups excluding carboxylic acids is 1. The Hall–Kier alpha value is -3.63. The van der Waals surface area contributed by atoms with Crippen molar-refractivity contribution in [2.45, 2.75) is 0 Å². The van der Waals surface area contributed by atoms with Crippen molar-refractivity contribution in [1.29, 1.82) is 0 Å². The van der Waals surface area contributed by atoms with E-state index in [1.807, 2.05) is 66.7 Å². The van der Waals surface area contributed by atoms with Crippen LogP contribution in [-0.2, 0) is 4.79 Å². The third-order valence-electron chi connectivity index (χ3n) is 4.39. The summed E-state index contributed by atoms with van der Waals surface area (Å²) in [7, 11) is 0. The zero-order chi connectivity index (χ0) is 20.1. The maximum atomic E-state index is 12.4. The van der Waals surface area contributed by atoms with Gasteiger partial charge in [-0.3, -0.25) is 9.78 Å². The molecule has 142 valence electrons. The molecule has 0 saturated heterocycles. The summed E-state index contributed by atoms with van der Waals surface area (Å²) in [4.78, 5) is 16.5. The lowest BCUT2D eigenvalue weighted by atomic mass is 10.0. The molecule has 5 heteroatoms. The highest BCUT2D eigenvalue weighted by molar-refractivity contribution is 6.30. The maximum Gasteiger partial charge on any atom is 0.248 e. The lowest BCUT2D eigenvalue weighted by Crippen LogP contribution is -2.08. The first-order chi connectivity index (χ1) is 14.2. The number of carbonyl (C=O) groups is 1. The second-order valence-corrected chi connectivity index (χ2v) is 6.75. The van der Waals surface area contributed by atoms with Crippen LogP contribution in [0.4, 0.5) is 5.69 Å². The standard InChI is InChI=1S/C24H17ClN2O2/c25-19-11-9-17(10-12-19)21(23-7-3-15-29-23)5-2-8-24(28)27-22-6-1-4-18-16-26-14-13-20(18)22/h1-16H,(H,27,28)/b8-2+,21-5-. The molecule has 0 radical (unpaired) electrons. The van der Waals surface area contributed by atoms with Crippen LogP contribution in [0.1, 0.15) is 11.3 Å². The van der Waals surface area contributed by atoms with E-state index in [0.717, 1.165) is 27.6 Å². The van der Waals surface area contributed by atoms with E-state index < -0.39 is 0 Å². The number of halogens is 1. The van der Waals surface area contributed by atoms with Gasteiger partial charge in [-0.15, -0.1) is 0 Å². The summed E-state index contributed by atoms with van der Waals surface area (Å²) < 4.78 is 5.54. The van der Waals surface area contributed by atoms with Crippen molar-refractivity contribution >= 4 is 39.5 Å². The van der Waals surface area contributed by atoms with Crippen LogP contribution in [0.3, 0.4) is 0 Å². The van der Waals surface area contributed by atoms with Gasteiger partial charge in [0.2, 0.25) is 5.91 Å². The average molecular weight is 401 g/mol. The molecule has 1 amide bonds. The number of aromatic nitrogens is 1. The molecule has 4 rings (SSSR count). The normalized spacial score (nSPS) is 11.8. The fraction of sp³-hybridized carbons (Fsp3) is 0. The van der Waals surface area contributed by atoms with E-state index in [-0.39, 0.29) is 5.91 Å². The highest BCUT2D eigenvalue weighted by Crippen LogP contribution is 2.25. The van der Waals surface area contributed by atoms with E-state index in [2.05, 4.69) is 10.3 Å². The molecule has 0 fully saturated rings. The number of fused-ring (bicyclic) bond motifs is 1. The predicted molar refractivity (Wildman–Crippen MR) is 117 cm³/mol. The van der Waals surface area contributed by atoms with Crippen LogP contribution >= 0.6 is 11.6 Å². The summed E-state index contributed by atoms with van der Waals surface area (Å²) in [5.41, 5.74) is 2.54. The molecule has 0 saturated carbocycles. The molecule has 0 spiro atoms. The number of nitrogens with one attached hydrogen (secondary N) is 1. The van der Waals surface area contributed by atoms with Crippen molar-refractivity contribution in [3.05, 3.63) is 114 Å². The van der Waals surface area contributed by atoms with E-state index in [0.29, 0.717) is 10.8 Å². The highest BCUT2D eigenvalue weighted by atomic mass is 35.5. The van der Waals surface area contributed by atoms with Crippen LogP contribution in [0.5, 0.6) is 0 Å². The number of furan rings is 1. The average Bonchev–Trinajstić information content (AvgIpc) is 3.27. The second kappa shape index (κ2) is 8.59. The summed E-state index contributed by atoms with van der Waals surface area (Å²) in [5.74, 6) is 0.486. The van der Waals surface area contributed by atoms with Gasteiger partial charge in [0.25, 0.3) is 0 Å². The number of allylic oxidation sites excluding steroid dienone is 2. The minimum Gasteiger partial charge on any atom is -0.464 e. The molecule has 4 aromatic rings. The van der Waals surface area contributed by atoms with Crippen LogP contribution in [0.25, 0.3) is 16.3 Å². The van der Waals surface area contributed by atoms with Crippen LogP contribution in [0, 0.1) is 0 Å². The maximum absolute atomic E-state index is 12.4. The molecule has 0 atom stereocenters. The van der Waals surface area contributed by atoms with E-state index in [1.165, 1.54) is 6.08 Å². The fourth-order valence-corrected chi connectivity index (χ4v) is 3.15. The highest BCUT2D eigenvalue weighted by Gasteiger charge is 2.07. The Morgan fingerprint density at radius 3 is 2.69 bits per heavy atom. The molecule has 2 heterocycles. The lowest BCUT2D eigenvalue weighted by Gasteiger charge is -2.06. The molecule has 0 aliphatic carbocycles. The zero-order valence-corrected chi connectivity index (χ0v) is 16.1. The molecule has 2 aromatic heterocycles. The number of anilines is 1. The number of benzene rings is 2. The first-order valence-corrected chi connectivity index (χ1v) is 9.40. The summed E-state index contributed by atoms with van der Waals surface area (Å²) in [6, 6.07) is 18.7. The molecule has 0 unspecified atom stereocenters. The number of hydrogen-bond acceptors (Lipinski definition) is 3. The Bertz CT molecular complexity index is 1190. The van der Waals surface area contributed by atoms with E-state index in [4.69, 9.17) is 16.0 Å². The van der Waals surface area contributed by atoms with Gasteiger partial charge in [0.1, 0.15) is 5.76 Å². The van der Waals surface area contributed by atoms with E-state index >= 15 is 0 Å². The lowest BCUT2D eigenvalue weighted by molar-refractivity contribution is -0.111. The predicted octanol–water partition coefficient (Wildman–Crippen LogP) is 6.11. The van der Waals surface area contributed by atoms with Crippen molar-refractivity contribution in [2.75, 3.05) is 5.32 Å². The fourth-order valence-electron chi connectivity index (χ4n) is 3.02. The molecule has 4 nitrogen and oxygen atoms in total. The number of pyridine rings is 1. The minimum atomic E-state index is -0.222. The number of hydrogen-bond donors (Lipinski definition) is 1. The SMILES string of the molecule is O=C(/C=C/C=C(/c1ccc(Cl)cc1)c1ccco1)Nc1cccc2cnccc12. The van der Waals surface area contributed by atoms with Crippen LogP contribution < -0.4 is 5.32 Å². The smallest absolute Gasteiger partial charge is 0.248 e. The van der Waals surface area contributed by atoms with Crippen molar-refractivity contribution in [2.24, 2.45) is 0 Å². The van der Waals surface area contributed by atoms with Crippen molar-refractivity contribution in [3.63, 3.8) is 0 Å². The molecular weight excluding hydrogens is 384 g/mol. The molecule has 0 bridgehead atoms. The third kappa shape index (κ3) is 4.45. The van der Waals surface area contributed by atoms with Crippen LogP contribution in [0.15, 0.2) is 102 Å². The monoisotopic (exact) mass is 400 g/mol. The van der Waals surface area contributed by atoms with E-state index in [9.17, 15) is 4.79 Å². The van der Waals surface area contributed by atoms with Gasteiger partial charge >= 0.3 is 0 Å². The number of nitrogens with zero attached hydrogens (tertiary/aromatic N) is 1. The van der Waals surface area contributed by atoms with Gasteiger partial charge in [-0.05, 0) is 42.0 Å². The molecule has 0 aliphatic rings. The van der Waals surface area contributed by atoms with Gasteiger partial charge in [0, 0.05) is 45.5 Å². The number of amides is 1. The molecule has 29 heavy (non-hydrogen) atoms. The quantitative estimate of drug-likeness (QED) is 0.325. The zero-order valence-electron chi connectivity index (χ0n) is 15.4. The Kier molecular flexibility index (Phi) is 5.54. The number of rotatable bonds is 5. The van der Waals surface area contributed by atoms with Gasteiger partial charge in [-0.1, -0.05) is 48.0 Å². The van der Waals surface area contributed by atoms with Crippen molar-refractivity contribution in [1.82, 2.24) is 4.98 Å². The molecule has 1 N–H and O–H groups in total. The van der Waals surface area contributed by atoms with Gasteiger partial charge < -0.3 is 9.73 Å².